The van der Waals surface area contributed by atoms with Crippen LogP contribution in [0.2, 0.25) is 0 Å². The first-order valence-corrected chi connectivity index (χ1v) is 7.64. The van der Waals surface area contributed by atoms with Gasteiger partial charge < -0.3 is 0 Å². The van der Waals surface area contributed by atoms with Gasteiger partial charge in [-0.05, 0) is 30.1 Å². The summed E-state index contributed by atoms with van der Waals surface area (Å²) in [7, 11) is 0. The molecular weight excluding hydrogens is 192 g/mol. The van der Waals surface area contributed by atoms with Crippen LogP contribution in [0.1, 0.15) is 86.5 Å². The van der Waals surface area contributed by atoms with Gasteiger partial charge in [0.2, 0.25) is 0 Å². The molecule has 1 saturated carbocycles. The number of hydrogen-bond donors (Lipinski definition) is 0. The molecule has 0 radical (unpaired) electrons. The maximum atomic E-state index is 2.50. The normalized spacial score (nSPS) is 30.8. The van der Waals surface area contributed by atoms with Crippen molar-refractivity contribution in [3.8, 4) is 0 Å². The Labute approximate surface area is 104 Å². The van der Waals surface area contributed by atoms with Gasteiger partial charge in [-0.1, -0.05) is 73.6 Å². The number of unbranched alkanes of at least 4 members (excludes halogenated alkanes) is 1. The van der Waals surface area contributed by atoms with Gasteiger partial charge in [0.1, 0.15) is 0 Å². The van der Waals surface area contributed by atoms with Crippen LogP contribution in [0.15, 0.2) is 0 Å². The highest BCUT2D eigenvalue weighted by molar-refractivity contribution is 4.90. The Kier molecular flexibility index (Phi) is 8.14. The van der Waals surface area contributed by atoms with E-state index in [9.17, 15) is 0 Å². The standard InChI is InChI=1S/C14H28.C2H6/c1-5-7-8-13(4)14(6-2)10-9-12(3)11-14;1-2/h12-13H,5-11H2,1-4H3;1-2H3. The molecule has 0 heterocycles. The summed E-state index contributed by atoms with van der Waals surface area (Å²) in [5, 5.41) is 0. The Morgan fingerprint density at radius 3 is 2.25 bits per heavy atom. The lowest BCUT2D eigenvalue weighted by Gasteiger charge is -2.35. The zero-order valence-corrected chi connectivity index (χ0v) is 12.6. The first-order chi connectivity index (χ1) is 7.64. The molecule has 1 aliphatic rings. The summed E-state index contributed by atoms with van der Waals surface area (Å²) >= 11 is 0. The van der Waals surface area contributed by atoms with Crippen molar-refractivity contribution in [2.75, 3.05) is 0 Å². The number of hydrogen-bond acceptors (Lipinski definition) is 0. The molecule has 3 atom stereocenters. The summed E-state index contributed by atoms with van der Waals surface area (Å²) in [4.78, 5) is 0. The largest absolute Gasteiger partial charge is 0.0683 e. The van der Waals surface area contributed by atoms with Crippen molar-refractivity contribution < 1.29 is 0 Å². The second-order valence-corrected chi connectivity index (χ2v) is 5.61. The molecule has 0 aromatic rings. The second kappa shape index (κ2) is 8.14. The summed E-state index contributed by atoms with van der Waals surface area (Å²) < 4.78 is 0. The smallest absolute Gasteiger partial charge is 0.0272 e. The van der Waals surface area contributed by atoms with E-state index in [2.05, 4.69) is 27.7 Å². The van der Waals surface area contributed by atoms with Crippen molar-refractivity contribution in [2.45, 2.75) is 86.5 Å². The number of rotatable bonds is 5. The molecule has 98 valence electrons. The minimum absolute atomic E-state index is 0.717. The van der Waals surface area contributed by atoms with Crippen LogP contribution in [0.4, 0.5) is 0 Å². The summed E-state index contributed by atoms with van der Waals surface area (Å²) in [5.41, 5.74) is 0.717. The van der Waals surface area contributed by atoms with Crippen LogP contribution in [-0.4, -0.2) is 0 Å². The highest BCUT2D eigenvalue weighted by atomic mass is 14.4. The van der Waals surface area contributed by atoms with Crippen molar-refractivity contribution in [3.63, 3.8) is 0 Å². The summed E-state index contributed by atoms with van der Waals surface area (Å²) in [6, 6.07) is 0. The zero-order chi connectivity index (χ0) is 12.6. The molecule has 0 spiro atoms. The molecule has 1 rings (SSSR count). The van der Waals surface area contributed by atoms with Crippen molar-refractivity contribution in [2.24, 2.45) is 17.3 Å². The third-order valence-electron chi connectivity index (χ3n) is 4.63. The maximum absolute atomic E-state index is 2.50. The predicted octanol–water partition coefficient (Wildman–Crippen LogP) is 6.06. The third-order valence-corrected chi connectivity index (χ3v) is 4.63. The molecule has 0 bridgehead atoms. The fourth-order valence-corrected chi connectivity index (χ4v) is 3.37. The van der Waals surface area contributed by atoms with Gasteiger partial charge in [-0.2, -0.15) is 0 Å². The van der Waals surface area contributed by atoms with E-state index in [0.717, 1.165) is 11.8 Å². The van der Waals surface area contributed by atoms with Gasteiger partial charge in [0.25, 0.3) is 0 Å². The van der Waals surface area contributed by atoms with Crippen LogP contribution < -0.4 is 0 Å². The van der Waals surface area contributed by atoms with E-state index in [-0.39, 0.29) is 0 Å². The van der Waals surface area contributed by atoms with E-state index < -0.39 is 0 Å². The van der Waals surface area contributed by atoms with Crippen LogP contribution in [0, 0.1) is 17.3 Å². The first kappa shape index (κ1) is 16.0. The van der Waals surface area contributed by atoms with Crippen LogP contribution in [0.5, 0.6) is 0 Å². The Morgan fingerprint density at radius 1 is 1.25 bits per heavy atom. The van der Waals surface area contributed by atoms with Gasteiger partial charge in [-0.15, -0.1) is 0 Å². The summed E-state index contributed by atoms with van der Waals surface area (Å²) in [6.45, 7) is 13.6. The lowest BCUT2D eigenvalue weighted by Crippen LogP contribution is -2.25. The molecule has 16 heavy (non-hydrogen) atoms. The van der Waals surface area contributed by atoms with Crippen molar-refractivity contribution in [3.05, 3.63) is 0 Å². The quantitative estimate of drug-likeness (QED) is 0.535. The van der Waals surface area contributed by atoms with Gasteiger partial charge in [0.05, 0.1) is 0 Å². The van der Waals surface area contributed by atoms with E-state index in [1.165, 1.54) is 44.9 Å². The van der Waals surface area contributed by atoms with E-state index >= 15 is 0 Å². The maximum Gasteiger partial charge on any atom is -0.0272 e. The molecule has 0 heteroatoms. The Bertz CT molecular complexity index is 161. The Balaban J connectivity index is 0.00000106. The lowest BCUT2D eigenvalue weighted by molar-refractivity contribution is 0.154. The SMILES string of the molecule is CC.CCCCC(C)C1(CC)CCC(C)C1. The van der Waals surface area contributed by atoms with Crippen molar-refractivity contribution >= 4 is 0 Å². The van der Waals surface area contributed by atoms with E-state index in [1.54, 1.807) is 0 Å². The second-order valence-electron chi connectivity index (χ2n) is 5.61. The van der Waals surface area contributed by atoms with E-state index in [4.69, 9.17) is 0 Å². The third kappa shape index (κ3) is 4.11. The summed E-state index contributed by atoms with van der Waals surface area (Å²) in [6.07, 6.45) is 10.1. The van der Waals surface area contributed by atoms with Gasteiger partial charge in [-0.3, -0.25) is 0 Å². The molecule has 0 nitrogen and oxygen atoms in total. The molecule has 0 amide bonds. The highest BCUT2D eigenvalue weighted by Gasteiger charge is 2.39. The fourth-order valence-electron chi connectivity index (χ4n) is 3.37. The molecule has 0 aromatic heterocycles. The average Bonchev–Trinajstić information content (AvgIpc) is 2.72. The Hall–Kier alpha value is 0. The van der Waals surface area contributed by atoms with Gasteiger partial charge in [0, 0.05) is 0 Å². The molecule has 0 aromatic carbocycles. The molecule has 3 unspecified atom stereocenters. The minimum Gasteiger partial charge on any atom is -0.0683 e. The zero-order valence-electron chi connectivity index (χ0n) is 12.6. The van der Waals surface area contributed by atoms with Crippen LogP contribution in [0.3, 0.4) is 0 Å². The van der Waals surface area contributed by atoms with Gasteiger partial charge >= 0.3 is 0 Å². The molecule has 0 N–H and O–H groups in total. The average molecular weight is 226 g/mol. The molecule has 0 aliphatic heterocycles. The van der Waals surface area contributed by atoms with Gasteiger partial charge in [-0.25, -0.2) is 0 Å². The first-order valence-electron chi connectivity index (χ1n) is 7.64. The minimum atomic E-state index is 0.717. The monoisotopic (exact) mass is 226 g/mol. The topological polar surface area (TPSA) is 0 Å². The van der Waals surface area contributed by atoms with Crippen LogP contribution in [0.25, 0.3) is 0 Å². The lowest BCUT2D eigenvalue weighted by atomic mass is 9.70. The fraction of sp³-hybridized carbons (Fsp3) is 1.00. The summed E-state index contributed by atoms with van der Waals surface area (Å²) in [5.74, 6) is 1.94. The van der Waals surface area contributed by atoms with Crippen molar-refractivity contribution in [1.82, 2.24) is 0 Å². The highest BCUT2D eigenvalue weighted by Crippen LogP contribution is 2.50. The molecule has 1 aliphatic carbocycles. The van der Waals surface area contributed by atoms with E-state index in [0.29, 0.717) is 5.41 Å². The molecule has 1 fully saturated rings. The van der Waals surface area contributed by atoms with Crippen LogP contribution >= 0.6 is 0 Å². The Morgan fingerprint density at radius 2 is 1.88 bits per heavy atom. The van der Waals surface area contributed by atoms with E-state index in [1.807, 2.05) is 13.8 Å². The van der Waals surface area contributed by atoms with Crippen LogP contribution in [-0.2, 0) is 0 Å². The molecule has 0 saturated heterocycles. The van der Waals surface area contributed by atoms with Crippen molar-refractivity contribution in [1.29, 1.82) is 0 Å². The van der Waals surface area contributed by atoms with Gasteiger partial charge in [0.15, 0.2) is 0 Å². The predicted molar refractivity (Wildman–Crippen MR) is 75.8 cm³/mol. The molecular formula is C16H34.